The number of aryl methyl sites for hydroxylation is 2. The number of nitrogens with zero attached hydrogens (tertiary/aromatic N) is 4. The van der Waals surface area contributed by atoms with Gasteiger partial charge in [-0.25, -0.2) is 0 Å². The van der Waals surface area contributed by atoms with Gasteiger partial charge in [-0.1, -0.05) is 35.8 Å². The lowest BCUT2D eigenvalue weighted by Crippen LogP contribution is -2.48. The van der Waals surface area contributed by atoms with Crippen molar-refractivity contribution in [1.82, 2.24) is 19.9 Å². The van der Waals surface area contributed by atoms with Crippen LogP contribution < -0.4 is 0 Å². The van der Waals surface area contributed by atoms with Crippen molar-refractivity contribution in [2.24, 2.45) is 0 Å². The first kappa shape index (κ1) is 16.6. The van der Waals surface area contributed by atoms with Crippen molar-refractivity contribution >= 4 is 5.91 Å². The number of aromatic nitrogens is 2. The Balaban J connectivity index is 1.53. The highest BCUT2D eigenvalue weighted by atomic mass is 16.5. The summed E-state index contributed by atoms with van der Waals surface area (Å²) in [6, 6.07) is 7.98. The van der Waals surface area contributed by atoms with Gasteiger partial charge in [0.2, 0.25) is 17.6 Å². The highest BCUT2D eigenvalue weighted by Crippen LogP contribution is 2.17. The number of carbonyl (C=O) groups is 1. The maximum atomic E-state index is 12.3. The number of rotatable bonds is 5. The van der Waals surface area contributed by atoms with E-state index in [1.165, 1.54) is 0 Å². The van der Waals surface area contributed by atoms with Crippen LogP contribution in [0.3, 0.4) is 0 Å². The van der Waals surface area contributed by atoms with Crippen LogP contribution >= 0.6 is 0 Å². The summed E-state index contributed by atoms with van der Waals surface area (Å²) < 4.78 is 5.29. The minimum Gasteiger partial charge on any atom is -0.340 e. The molecule has 6 nitrogen and oxygen atoms in total. The van der Waals surface area contributed by atoms with Crippen LogP contribution in [-0.2, 0) is 11.2 Å². The predicted octanol–water partition coefficient (Wildman–Crippen LogP) is 2.14. The summed E-state index contributed by atoms with van der Waals surface area (Å²) in [5, 5.41) is 4.02. The van der Waals surface area contributed by atoms with E-state index < -0.39 is 0 Å². The number of hydrogen-bond donors (Lipinski definition) is 0. The highest BCUT2D eigenvalue weighted by molar-refractivity contribution is 5.76. The summed E-state index contributed by atoms with van der Waals surface area (Å²) in [4.78, 5) is 21.0. The van der Waals surface area contributed by atoms with Crippen LogP contribution in [0.4, 0.5) is 0 Å². The fourth-order valence-electron chi connectivity index (χ4n) is 2.94. The molecule has 1 aromatic heterocycles. The second-order valence-electron chi connectivity index (χ2n) is 6.20. The van der Waals surface area contributed by atoms with Gasteiger partial charge in [0.1, 0.15) is 0 Å². The normalized spacial score (nSPS) is 15.7. The Bertz CT molecular complexity index is 690. The third kappa shape index (κ3) is 4.00. The minimum absolute atomic E-state index is 0.168. The molecular weight excluding hydrogens is 304 g/mol. The van der Waals surface area contributed by atoms with E-state index in [1.54, 1.807) is 0 Å². The number of amides is 1. The molecule has 1 saturated heterocycles. The average Bonchev–Trinajstić information content (AvgIpc) is 3.09. The van der Waals surface area contributed by atoms with Gasteiger partial charge >= 0.3 is 0 Å². The lowest BCUT2D eigenvalue weighted by molar-refractivity contribution is -0.132. The van der Waals surface area contributed by atoms with E-state index >= 15 is 0 Å². The summed E-state index contributed by atoms with van der Waals surface area (Å²) in [6.45, 7) is 8.77. The Morgan fingerprint density at radius 1 is 1.25 bits per heavy atom. The summed E-state index contributed by atoms with van der Waals surface area (Å²) in [7, 11) is 0. The van der Waals surface area contributed by atoms with Gasteiger partial charge in [0.25, 0.3) is 0 Å². The fourth-order valence-corrected chi connectivity index (χ4v) is 2.94. The number of piperazine rings is 1. The Labute approximate surface area is 142 Å². The third-order valence-corrected chi connectivity index (χ3v) is 4.47. The zero-order chi connectivity index (χ0) is 16.9. The van der Waals surface area contributed by atoms with Gasteiger partial charge in [-0.2, -0.15) is 4.98 Å². The minimum atomic E-state index is 0.168. The van der Waals surface area contributed by atoms with Gasteiger partial charge < -0.3 is 14.3 Å². The van der Waals surface area contributed by atoms with Crippen LogP contribution in [0.25, 0.3) is 11.4 Å². The highest BCUT2D eigenvalue weighted by Gasteiger charge is 2.20. The van der Waals surface area contributed by atoms with Gasteiger partial charge in [0, 0.05) is 44.6 Å². The van der Waals surface area contributed by atoms with Crippen molar-refractivity contribution in [2.45, 2.75) is 26.7 Å². The van der Waals surface area contributed by atoms with Gasteiger partial charge in [-0.15, -0.1) is 0 Å². The quantitative estimate of drug-likeness (QED) is 0.841. The molecule has 2 heterocycles. The van der Waals surface area contributed by atoms with E-state index in [-0.39, 0.29) is 5.91 Å². The summed E-state index contributed by atoms with van der Waals surface area (Å²) in [5.41, 5.74) is 2.09. The molecule has 0 unspecified atom stereocenters. The van der Waals surface area contributed by atoms with Crippen LogP contribution in [-0.4, -0.2) is 58.6 Å². The Morgan fingerprint density at radius 3 is 2.75 bits per heavy atom. The molecule has 24 heavy (non-hydrogen) atoms. The predicted molar refractivity (Wildman–Crippen MR) is 91.5 cm³/mol. The molecule has 0 radical (unpaired) electrons. The molecular formula is C18H24N4O2. The average molecular weight is 328 g/mol. The first-order chi connectivity index (χ1) is 11.7. The van der Waals surface area contributed by atoms with Gasteiger partial charge in [0.05, 0.1) is 0 Å². The monoisotopic (exact) mass is 328 g/mol. The van der Waals surface area contributed by atoms with Crippen molar-refractivity contribution in [2.75, 3.05) is 32.7 Å². The molecule has 0 spiro atoms. The van der Waals surface area contributed by atoms with Crippen molar-refractivity contribution in [3.8, 4) is 11.4 Å². The standard InChI is InChI=1S/C18H24N4O2/c1-3-21-9-11-22(12-10-21)17(23)8-7-16-19-18(20-24-16)15-6-4-5-14(2)13-15/h4-6,13H,3,7-12H2,1-2H3. The van der Waals surface area contributed by atoms with E-state index in [0.29, 0.717) is 24.6 Å². The Kier molecular flexibility index (Phi) is 5.25. The Morgan fingerprint density at radius 2 is 2.04 bits per heavy atom. The second kappa shape index (κ2) is 7.57. The Hall–Kier alpha value is -2.21. The van der Waals surface area contributed by atoms with Gasteiger partial charge in [-0.3, -0.25) is 4.79 Å². The lowest BCUT2D eigenvalue weighted by atomic mass is 10.1. The van der Waals surface area contributed by atoms with Crippen molar-refractivity contribution < 1.29 is 9.32 Å². The van der Waals surface area contributed by atoms with Crippen LogP contribution in [0, 0.1) is 6.92 Å². The summed E-state index contributed by atoms with van der Waals surface area (Å²) in [5.74, 6) is 1.27. The van der Waals surface area contributed by atoms with Crippen molar-refractivity contribution in [3.05, 3.63) is 35.7 Å². The molecule has 0 bridgehead atoms. The molecule has 1 fully saturated rings. The SMILES string of the molecule is CCN1CCN(C(=O)CCc2nc(-c3cccc(C)c3)no2)CC1. The summed E-state index contributed by atoms with van der Waals surface area (Å²) >= 11 is 0. The molecule has 128 valence electrons. The fraction of sp³-hybridized carbons (Fsp3) is 0.500. The summed E-state index contributed by atoms with van der Waals surface area (Å²) in [6.07, 6.45) is 0.910. The second-order valence-corrected chi connectivity index (χ2v) is 6.20. The number of benzene rings is 1. The van der Waals surface area contributed by atoms with Gasteiger partial charge in [-0.05, 0) is 19.5 Å². The van der Waals surface area contributed by atoms with Gasteiger partial charge in [0.15, 0.2) is 0 Å². The molecule has 0 aliphatic carbocycles. The first-order valence-corrected chi connectivity index (χ1v) is 8.55. The molecule has 0 saturated carbocycles. The maximum absolute atomic E-state index is 12.3. The van der Waals surface area contributed by atoms with E-state index in [9.17, 15) is 4.79 Å². The van der Waals surface area contributed by atoms with Crippen LogP contribution in [0.1, 0.15) is 24.8 Å². The molecule has 1 aliphatic rings. The van der Waals surface area contributed by atoms with E-state index in [0.717, 1.165) is 43.9 Å². The topological polar surface area (TPSA) is 62.5 Å². The molecule has 3 rings (SSSR count). The van der Waals surface area contributed by atoms with E-state index in [2.05, 4.69) is 22.0 Å². The molecule has 6 heteroatoms. The van der Waals surface area contributed by atoms with Crippen molar-refractivity contribution in [1.29, 1.82) is 0 Å². The molecule has 0 atom stereocenters. The zero-order valence-corrected chi connectivity index (χ0v) is 14.4. The first-order valence-electron chi connectivity index (χ1n) is 8.55. The molecule has 0 N–H and O–H groups in total. The number of hydrogen-bond acceptors (Lipinski definition) is 5. The van der Waals surface area contributed by atoms with Crippen LogP contribution in [0.2, 0.25) is 0 Å². The van der Waals surface area contributed by atoms with Crippen molar-refractivity contribution in [3.63, 3.8) is 0 Å². The maximum Gasteiger partial charge on any atom is 0.227 e. The van der Waals surface area contributed by atoms with Crippen LogP contribution in [0.5, 0.6) is 0 Å². The van der Waals surface area contributed by atoms with Crippen LogP contribution in [0.15, 0.2) is 28.8 Å². The molecule has 1 amide bonds. The van der Waals surface area contributed by atoms with E-state index in [4.69, 9.17) is 4.52 Å². The smallest absolute Gasteiger partial charge is 0.227 e. The molecule has 1 aromatic carbocycles. The lowest BCUT2D eigenvalue weighted by Gasteiger charge is -2.34. The number of likely N-dealkylation sites (N-methyl/N-ethyl adjacent to an activating group) is 1. The largest absolute Gasteiger partial charge is 0.340 e. The number of carbonyl (C=O) groups excluding carboxylic acids is 1. The molecule has 1 aliphatic heterocycles. The molecule has 2 aromatic rings. The third-order valence-electron chi connectivity index (χ3n) is 4.47. The zero-order valence-electron chi connectivity index (χ0n) is 14.4. The van der Waals surface area contributed by atoms with E-state index in [1.807, 2.05) is 36.1 Å².